The van der Waals surface area contributed by atoms with Crippen molar-refractivity contribution >= 4 is 0 Å². The molecule has 0 aliphatic carbocycles. The maximum absolute atomic E-state index is 8.99. The fourth-order valence-corrected chi connectivity index (χ4v) is 2.10. The number of nitriles is 1. The fraction of sp³-hybridized carbons (Fsp3) is 0.235. The van der Waals surface area contributed by atoms with E-state index in [-0.39, 0.29) is 0 Å². The van der Waals surface area contributed by atoms with Gasteiger partial charge in [-0.25, -0.2) is 0 Å². The number of rotatable bonds is 6. The zero-order chi connectivity index (χ0) is 15.1. The van der Waals surface area contributed by atoms with Crippen LogP contribution in [0.2, 0.25) is 0 Å². The van der Waals surface area contributed by atoms with Gasteiger partial charge < -0.3 is 14.8 Å². The second kappa shape index (κ2) is 7.32. The molecule has 0 aliphatic rings. The number of nitrogens with one attached hydrogen (secondary N) is 1. The molecule has 0 atom stereocenters. The molecule has 2 aromatic carbocycles. The standard InChI is InChI=1S/C17H18N2O2/c1-19-11-14-5-3-4-6-17(14)21-12-15-9-13(10-18)7-8-16(15)20-2/h3-9,19H,11-12H2,1-2H3. The summed E-state index contributed by atoms with van der Waals surface area (Å²) in [6, 6.07) is 15.3. The fourth-order valence-electron chi connectivity index (χ4n) is 2.10. The van der Waals surface area contributed by atoms with Gasteiger partial charge in [0, 0.05) is 17.7 Å². The Kier molecular flexibility index (Phi) is 5.19. The predicted molar refractivity (Wildman–Crippen MR) is 81.2 cm³/mol. The van der Waals surface area contributed by atoms with Crippen molar-refractivity contribution in [1.82, 2.24) is 5.32 Å². The molecule has 2 aromatic rings. The Morgan fingerprint density at radius 1 is 1.10 bits per heavy atom. The van der Waals surface area contributed by atoms with Gasteiger partial charge in [0.05, 0.1) is 18.7 Å². The summed E-state index contributed by atoms with van der Waals surface area (Å²) in [7, 11) is 3.51. The summed E-state index contributed by atoms with van der Waals surface area (Å²) >= 11 is 0. The highest BCUT2D eigenvalue weighted by atomic mass is 16.5. The van der Waals surface area contributed by atoms with Gasteiger partial charge in [0.2, 0.25) is 0 Å². The molecule has 0 bridgehead atoms. The summed E-state index contributed by atoms with van der Waals surface area (Å²) in [5.41, 5.74) is 2.55. The quantitative estimate of drug-likeness (QED) is 0.885. The molecule has 1 N–H and O–H groups in total. The van der Waals surface area contributed by atoms with Gasteiger partial charge in [0.15, 0.2) is 0 Å². The van der Waals surface area contributed by atoms with E-state index >= 15 is 0 Å². The zero-order valence-corrected chi connectivity index (χ0v) is 12.2. The SMILES string of the molecule is CNCc1ccccc1OCc1cc(C#N)ccc1OC. The van der Waals surface area contributed by atoms with Crippen molar-refractivity contribution in [3.05, 3.63) is 59.2 Å². The topological polar surface area (TPSA) is 54.3 Å². The second-order valence-corrected chi connectivity index (χ2v) is 4.57. The summed E-state index contributed by atoms with van der Waals surface area (Å²) in [4.78, 5) is 0. The first-order valence-corrected chi connectivity index (χ1v) is 6.70. The van der Waals surface area contributed by atoms with Crippen LogP contribution in [0.25, 0.3) is 0 Å². The molecular formula is C17H18N2O2. The van der Waals surface area contributed by atoms with Crippen LogP contribution in [0.4, 0.5) is 0 Å². The summed E-state index contributed by atoms with van der Waals surface area (Å²) in [6.45, 7) is 1.10. The molecule has 0 spiro atoms. The summed E-state index contributed by atoms with van der Waals surface area (Å²) in [5.74, 6) is 1.55. The van der Waals surface area contributed by atoms with E-state index in [9.17, 15) is 0 Å². The first kappa shape index (κ1) is 14.9. The minimum Gasteiger partial charge on any atom is -0.496 e. The number of para-hydroxylation sites is 1. The van der Waals surface area contributed by atoms with E-state index in [1.54, 1.807) is 25.3 Å². The Morgan fingerprint density at radius 2 is 1.90 bits per heavy atom. The molecule has 0 fully saturated rings. The van der Waals surface area contributed by atoms with E-state index < -0.39 is 0 Å². The summed E-state index contributed by atoms with van der Waals surface area (Å²) in [5, 5.41) is 12.1. The normalized spacial score (nSPS) is 9.95. The zero-order valence-electron chi connectivity index (χ0n) is 12.2. The number of hydrogen-bond acceptors (Lipinski definition) is 4. The molecule has 0 aromatic heterocycles. The number of nitrogens with zero attached hydrogens (tertiary/aromatic N) is 1. The molecule has 21 heavy (non-hydrogen) atoms. The van der Waals surface area contributed by atoms with Gasteiger partial charge in [-0.15, -0.1) is 0 Å². The number of hydrogen-bond donors (Lipinski definition) is 1. The molecule has 0 amide bonds. The number of ether oxygens (including phenoxy) is 2. The average molecular weight is 282 g/mol. The summed E-state index contributed by atoms with van der Waals surface area (Å²) < 4.78 is 11.2. The van der Waals surface area contributed by atoms with Crippen LogP contribution in [-0.2, 0) is 13.2 Å². The second-order valence-electron chi connectivity index (χ2n) is 4.57. The van der Waals surface area contributed by atoms with Crippen LogP contribution >= 0.6 is 0 Å². The lowest BCUT2D eigenvalue weighted by Crippen LogP contribution is -2.07. The first-order chi connectivity index (χ1) is 10.3. The van der Waals surface area contributed by atoms with Crippen LogP contribution in [0.1, 0.15) is 16.7 Å². The van der Waals surface area contributed by atoms with E-state index in [4.69, 9.17) is 14.7 Å². The molecule has 0 radical (unpaired) electrons. The van der Waals surface area contributed by atoms with Crippen LogP contribution in [0, 0.1) is 11.3 Å². The van der Waals surface area contributed by atoms with Gasteiger partial charge in [0.1, 0.15) is 18.1 Å². The Morgan fingerprint density at radius 3 is 2.62 bits per heavy atom. The minimum absolute atomic E-state index is 0.361. The van der Waals surface area contributed by atoms with E-state index in [1.807, 2.05) is 31.3 Å². The largest absolute Gasteiger partial charge is 0.496 e. The Bertz CT molecular complexity index is 647. The highest BCUT2D eigenvalue weighted by molar-refractivity contribution is 5.42. The van der Waals surface area contributed by atoms with Crippen molar-refractivity contribution in [3.63, 3.8) is 0 Å². The van der Waals surface area contributed by atoms with Crippen molar-refractivity contribution < 1.29 is 9.47 Å². The lowest BCUT2D eigenvalue weighted by atomic mass is 10.1. The minimum atomic E-state index is 0.361. The van der Waals surface area contributed by atoms with Crippen molar-refractivity contribution in [1.29, 1.82) is 5.26 Å². The van der Waals surface area contributed by atoms with Gasteiger partial charge in [0.25, 0.3) is 0 Å². The molecule has 108 valence electrons. The highest BCUT2D eigenvalue weighted by Crippen LogP contribution is 2.24. The molecule has 4 heteroatoms. The van der Waals surface area contributed by atoms with Crippen molar-refractivity contribution in [2.75, 3.05) is 14.2 Å². The monoisotopic (exact) mass is 282 g/mol. The Balaban J connectivity index is 2.18. The third-order valence-corrected chi connectivity index (χ3v) is 3.13. The molecule has 2 rings (SSSR count). The third kappa shape index (κ3) is 3.74. The van der Waals surface area contributed by atoms with Crippen LogP contribution in [0.5, 0.6) is 11.5 Å². The smallest absolute Gasteiger partial charge is 0.125 e. The average Bonchev–Trinajstić information content (AvgIpc) is 2.54. The molecule has 0 unspecified atom stereocenters. The van der Waals surface area contributed by atoms with E-state index in [2.05, 4.69) is 11.4 Å². The van der Waals surface area contributed by atoms with Gasteiger partial charge in [-0.3, -0.25) is 0 Å². The lowest BCUT2D eigenvalue weighted by molar-refractivity contribution is 0.293. The van der Waals surface area contributed by atoms with Gasteiger partial charge in [-0.1, -0.05) is 18.2 Å². The maximum Gasteiger partial charge on any atom is 0.125 e. The van der Waals surface area contributed by atoms with Crippen molar-refractivity contribution in [2.45, 2.75) is 13.2 Å². The molecule has 0 aliphatic heterocycles. The Labute approximate surface area is 124 Å². The predicted octanol–water partition coefficient (Wildman–Crippen LogP) is 2.87. The summed E-state index contributed by atoms with van der Waals surface area (Å²) in [6.07, 6.45) is 0. The third-order valence-electron chi connectivity index (χ3n) is 3.13. The first-order valence-electron chi connectivity index (χ1n) is 6.70. The van der Waals surface area contributed by atoms with Crippen LogP contribution in [0.15, 0.2) is 42.5 Å². The van der Waals surface area contributed by atoms with Crippen LogP contribution in [0.3, 0.4) is 0 Å². The van der Waals surface area contributed by atoms with Gasteiger partial charge in [-0.05, 0) is 31.3 Å². The van der Waals surface area contributed by atoms with Crippen molar-refractivity contribution in [3.8, 4) is 17.6 Å². The molecule has 0 heterocycles. The van der Waals surface area contributed by atoms with Crippen LogP contribution in [-0.4, -0.2) is 14.2 Å². The molecular weight excluding hydrogens is 264 g/mol. The molecule has 0 saturated carbocycles. The molecule has 4 nitrogen and oxygen atoms in total. The highest BCUT2D eigenvalue weighted by Gasteiger charge is 2.07. The van der Waals surface area contributed by atoms with Gasteiger partial charge >= 0.3 is 0 Å². The van der Waals surface area contributed by atoms with Crippen molar-refractivity contribution in [2.24, 2.45) is 0 Å². The maximum atomic E-state index is 8.99. The van der Waals surface area contributed by atoms with Gasteiger partial charge in [-0.2, -0.15) is 5.26 Å². The van der Waals surface area contributed by atoms with E-state index in [0.717, 1.165) is 29.2 Å². The van der Waals surface area contributed by atoms with Crippen LogP contribution < -0.4 is 14.8 Å². The van der Waals surface area contributed by atoms with E-state index in [1.165, 1.54) is 0 Å². The number of methoxy groups -OCH3 is 1. The lowest BCUT2D eigenvalue weighted by Gasteiger charge is -2.13. The number of benzene rings is 2. The van der Waals surface area contributed by atoms with E-state index in [0.29, 0.717) is 12.2 Å². The molecule has 0 saturated heterocycles. The Hall–Kier alpha value is -2.51.